The molecule has 0 saturated carbocycles. The smallest absolute Gasteiger partial charge is 0.168 e. The lowest BCUT2D eigenvalue weighted by atomic mass is 9.86. The van der Waals surface area contributed by atoms with Crippen molar-refractivity contribution in [1.82, 2.24) is 0 Å². The van der Waals surface area contributed by atoms with E-state index in [2.05, 4.69) is 12.1 Å². The first-order valence-electron chi connectivity index (χ1n) is 8.15. The normalized spacial score (nSPS) is 21.7. The quantitative estimate of drug-likeness (QED) is 0.625. The Morgan fingerprint density at radius 1 is 1.08 bits per heavy atom. The standard InChI is InChI=1S/C21H16O3/c1-10-2-3-11-8-15-12-6-7-17(22)21(24)14(12)5-4-13(15)16-9-18(23)19(10)20(11)16/h2-8,17,21-22,24H,9H2,1H3/t17-,21-/m1/s1. The molecule has 2 aliphatic carbocycles. The number of ketones is 1. The van der Waals surface area contributed by atoms with Crippen LogP contribution in [0.4, 0.5) is 0 Å². The SMILES string of the molecule is Cc1ccc2cc3c4c(ccc3c3c2c1C(=O)C3)[C@@H](O)[C@H](O)C=C4. The second-order valence-corrected chi connectivity index (χ2v) is 6.77. The lowest BCUT2D eigenvalue weighted by molar-refractivity contribution is 0.0471. The topological polar surface area (TPSA) is 57.5 Å². The molecule has 0 amide bonds. The maximum absolute atomic E-state index is 12.5. The van der Waals surface area contributed by atoms with Gasteiger partial charge in [0.15, 0.2) is 5.78 Å². The number of hydrogen-bond acceptors (Lipinski definition) is 3. The summed E-state index contributed by atoms with van der Waals surface area (Å²) in [4.78, 5) is 12.5. The van der Waals surface area contributed by atoms with E-state index in [-0.39, 0.29) is 5.78 Å². The van der Waals surface area contributed by atoms with Crippen LogP contribution in [0.3, 0.4) is 0 Å². The second kappa shape index (κ2) is 4.53. The van der Waals surface area contributed by atoms with E-state index in [0.29, 0.717) is 6.42 Å². The highest BCUT2D eigenvalue weighted by Crippen LogP contribution is 2.41. The van der Waals surface area contributed by atoms with Crippen LogP contribution in [0.15, 0.2) is 36.4 Å². The minimum atomic E-state index is -0.908. The lowest BCUT2D eigenvalue weighted by Gasteiger charge is -2.23. The van der Waals surface area contributed by atoms with Crippen LogP contribution in [0, 0.1) is 6.92 Å². The average Bonchev–Trinajstić information content (AvgIpc) is 2.93. The Kier molecular flexibility index (Phi) is 2.62. The van der Waals surface area contributed by atoms with Crippen molar-refractivity contribution >= 4 is 33.4 Å². The highest BCUT2D eigenvalue weighted by Gasteiger charge is 2.28. The van der Waals surface area contributed by atoms with E-state index in [9.17, 15) is 15.0 Å². The van der Waals surface area contributed by atoms with Crippen molar-refractivity contribution in [1.29, 1.82) is 0 Å². The number of carbonyl (C=O) groups excluding carboxylic acids is 1. The van der Waals surface area contributed by atoms with Crippen molar-refractivity contribution in [2.75, 3.05) is 0 Å². The molecule has 0 spiro atoms. The van der Waals surface area contributed by atoms with Gasteiger partial charge in [-0.15, -0.1) is 0 Å². The second-order valence-electron chi connectivity index (χ2n) is 6.77. The minimum absolute atomic E-state index is 0.185. The van der Waals surface area contributed by atoms with Crippen LogP contribution in [0.5, 0.6) is 0 Å². The molecule has 0 unspecified atom stereocenters. The van der Waals surface area contributed by atoms with Gasteiger partial charge in [0.25, 0.3) is 0 Å². The number of aliphatic hydroxyl groups excluding tert-OH is 2. The molecule has 0 aliphatic heterocycles. The summed E-state index contributed by atoms with van der Waals surface area (Å²) in [5.74, 6) is 0.185. The molecule has 2 atom stereocenters. The fraction of sp³-hybridized carbons (Fsp3) is 0.190. The zero-order valence-electron chi connectivity index (χ0n) is 13.2. The predicted molar refractivity (Wildman–Crippen MR) is 94.2 cm³/mol. The molecule has 3 nitrogen and oxygen atoms in total. The molecule has 0 radical (unpaired) electrons. The third-order valence-electron chi connectivity index (χ3n) is 5.41. The van der Waals surface area contributed by atoms with Crippen molar-refractivity contribution in [2.45, 2.75) is 25.6 Å². The number of rotatable bonds is 0. The van der Waals surface area contributed by atoms with Crippen LogP contribution in [-0.4, -0.2) is 22.1 Å². The molecule has 118 valence electrons. The fourth-order valence-electron chi connectivity index (χ4n) is 4.25. The van der Waals surface area contributed by atoms with Gasteiger partial charge in [-0.2, -0.15) is 0 Å². The fourth-order valence-corrected chi connectivity index (χ4v) is 4.25. The van der Waals surface area contributed by atoms with Gasteiger partial charge < -0.3 is 10.2 Å². The molecule has 0 fully saturated rings. The van der Waals surface area contributed by atoms with Crippen molar-refractivity contribution in [3.8, 4) is 0 Å². The lowest BCUT2D eigenvalue weighted by Crippen LogP contribution is -2.19. The van der Waals surface area contributed by atoms with Crippen LogP contribution in [0.2, 0.25) is 0 Å². The summed E-state index contributed by atoms with van der Waals surface area (Å²) < 4.78 is 0. The Morgan fingerprint density at radius 3 is 2.75 bits per heavy atom. The van der Waals surface area contributed by atoms with Crippen LogP contribution >= 0.6 is 0 Å². The van der Waals surface area contributed by atoms with Gasteiger partial charge in [-0.3, -0.25) is 4.79 Å². The molecule has 5 rings (SSSR count). The molecule has 2 N–H and O–H groups in total. The number of benzene rings is 3. The summed E-state index contributed by atoms with van der Waals surface area (Å²) >= 11 is 0. The Balaban J connectivity index is 1.95. The molecular formula is C21H16O3. The third-order valence-corrected chi connectivity index (χ3v) is 5.41. The minimum Gasteiger partial charge on any atom is -0.386 e. The Bertz CT molecular complexity index is 1090. The molecule has 0 aromatic heterocycles. The molecule has 3 aromatic carbocycles. The van der Waals surface area contributed by atoms with E-state index in [4.69, 9.17) is 0 Å². The monoisotopic (exact) mass is 316 g/mol. The van der Waals surface area contributed by atoms with E-state index in [1.807, 2.05) is 31.2 Å². The summed E-state index contributed by atoms with van der Waals surface area (Å²) in [5.41, 5.74) is 4.64. The van der Waals surface area contributed by atoms with E-state index < -0.39 is 12.2 Å². The third kappa shape index (κ3) is 1.61. The maximum Gasteiger partial charge on any atom is 0.168 e. The van der Waals surface area contributed by atoms with Gasteiger partial charge in [0.2, 0.25) is 0 Å². The predicted octanol–water partition coefficient (Wildman–Crippen LogP) is 3.46. The number of aliphatic hydroxyl groups is 2. The number of Topliss-reactive ketones (excluding diaryl/α,β-unsaturated/α-hetero) is 1. The van der Waals surface area contributed by atoms with Gasteiger partial charge in [-0.25, -0.2) is 0 Å². The van der Waals surface area contributed by atoms with Crippen LogP contribution in [-0.2, 0) is 6.42 Å². The molecule has 0 saturated heterocycles. The van der Waals surface area contributed by atoms with Gasteiger partial charge in [-0.1, -0.05) is 36.4 Å². The number of aryl methyl sites for hydroxylation is 1. The molecule has 24 heavy (non-hydrogen) atoms. The van der Waals surface area contributed by atoms with Gasteiger partial charge in [0.1, 0.15) is 12.2 Å². The van der Waals surface area contributed by atoms with E-state index in [1.54, 1.807) is 6.08 Å². The average molecular weight is 316 g/mol. The van der Waals surface area contributed by atoms with Gasteiger partial charge in [0.05, 0.1) is 0 Å². The van der Waals surface area contributed by atoms with E-state index in [1.165, 1.54) is 0 Å². The summed E-state index contributed by atoms with van der Waals surface area (Å²) in [6.45, 7) is 1.99. The van der Waals surface area contributed by atoms with Crippen molar-refractivity contribution in [3.63, 3.8) is 0 Å². The van der Waals surface area contributed by atoms with Gasteiger partial charge in [0, 0.05) is 12.0 Å². The molecule has 0 bridgehead atoms. The number of hydrogen-bond donors (Lipinski definition) is 2. The number of carbonyl (C=O) groups is 1. The first-order chi connectivity index (χ1) is 11.6. The summed E-state index contributed by atoms with van der Waals surface area (Å²) in [6.07, 6.45) is 2.15. The van der Waals surface area contributed by atoms with Gasteiger partial charge in [-0.05, 0) is 56.8 Å². The summed E-state index contributed by atoms with van der Waals surface area (Å²) in [5, 5.41) is 24.4. The first-order valence-corrected chi connectivity index (χ1v) is 8.15. The van der Waals surface area contributed by atoms with E-state index in [0.717, 1.165) is 49.4 Å². The van der Waals surface area contributed by atoms with Crippen molar-refractivity contribution < 1.29 is 15.0 Å². The highest BCUT2D eigenvalue weighted by molar-refractivity contribution is 6.21. The molecule has 3 heteroatoms. The molecule has 0 heterocycles. The van der Waals surface area contributed by atoms with Crippen molar-refractivity contribution in [2.24, 2.45) is 0 Å². The molecule has 2 aliphatic rings. The molecular weight excluding hydrogens is 300 g/mol. The Morgan fingerprint density at radius 2 is 1.92 bits per heavy atom. The Hall–Kier alpha value is -2.49. The molecule has 3 aromatic rings. The van der Waals surface area contributed by atoms with Crippen LogP contribution in [0.25, 0.3) is 27.6 Å². The largest absolute Gasteiger partial charge is 0.386 e. The van der Waals surface area contributed by atoms with E-state index >= 15 is 0 Å². The zero-order chi connectivity index (χ0) is 16.6. The van der Waals surface area contributed by atoms with Crippen LogP contribution < -0.4 is 0 Å². The zero-order valence-corrected chi connectivity index (χ0v) is 13.2. The van der Waals surface area contributed by atoms with Crippen molar-refractivity contribution in [3.05, 3.63) is 64.2 Å². The van der Waals surface area contributed by atoms with Crippen LogP contribution in [0.1, 0.15) is 38.7 Å². The summed E-state index contributed by atoms with van der Waals surface area (Å²) in [7, 11) is 0. The van der Waals surface area contributed by atoms with Gasteiger partial charge >= 0.3 is 0 Å². The first kappa shape index (κ1) is 13.9. The summed E-state index contributed by atoms with van der Waals surface area (Å²) in [6, 6.07) is 10.0. The Labute approximate surface area is 138 Å². The maximum atomic E-state index is 12.5. The number of fused-ring (bicyclic) bond motifs is 4. The highest BCUT2D eigenvalue weighted by atomic mass is 16.3.